The molecule has 0 bridgehead atoms. The summed E-state index contributed by atoms with van der Waals surface area (Å²) in [4.78, 5) is 27.1. The maximum absolute atomic E-state index is 12.6. The van der Waals surface area contributed by atoms with E-state index in [0.29, 0.717) is 12.1 Å². The first kappa shape index (κ1) is 15.6. The second-order valence-corrected chi connectivity index (χ2v) is 5.53. The Labute approximate surface area is 128 Å². The minimum atomic E-state index is -0.447. The molecule has 21 heavy (non-hydrogen) atoms. The first-order valence-electron chi connectivity index (χ1n) is 7.14. The predicted octanol–water partition coefficient (Wildman–Crippen LogP) is 3.36. The number of hydrogen-bond donors (Lipinski definition) is 1. The van der Waals surface area contributed by atoms with Crippen molar-refractivity contribution >= 4 is 11.6 Å². The molecule has 1 N–H and O–H groups in total. The summed E-state index contributed by atoms with van der Waals surface area (Å²) < 4.78 is 1.24. The fraction of sp³-hybridized carbons (Fsp3) is 0.375. The van der Waals surface area contributed by atoms with Gasteiger partial charge in [-0.25, -0.2) is 4.79 Å². The molecule has 112 valence electrons. The number of H-pyrrole nitrogens is 1. The van der Waals surface area contributed by atoms with Gasteiger partial charge in [-0.3, -0.25) is 14.3 Å². The molecular weight excluding hydrogens is 288 g/mol. The van der Waals surface area contributed by atoms with Crippen molar-refractivity contribution in [2.45, 2.75) is 39.7 Å². The molecule has 1 aromatic heterocycles. The Hall–Kier alpha value is -1.81. The van der Waals surface area contributed by atoms with E-state index in [1.807, 2.05) is 31.2 Å². The fourth-order valence-electron chi connectivity index (χ4n) is 2.32. The normalized spacial score (nSPS) is 10.8. The van der Waals surface area contributed by atoms with Gasteiger partial charge in [0.2, 0.25) is 0 Å². The lowest BCUT2D eigenvalue weighted by molar-refractivity contribution is 0.564. The van der Waals surface area contributed by atoms with E-state index in [2.05, 4.69) is 11.9 Å². The van der Waals surface area contributed by atoms with Gasteiger partial charge in [0, 0.05) is 6.54 Å². The SMILES string of the molecule is CCCCCn1c(=O)[nH]c(Cl)c(-c2cccc(C)c2)c1=O. The Morgan fingerprint density at radius 1 is 1.24 bits per heavy atom. The Bertz CT molecular complexity index is 747. The zero-order valence-electron chi connectivity index (χ0n) is 12.3. The van der Waals surface area contributed by atoms with Crippen LogP contribution < -0.4 is 11.2 Å². The largest absolute Gasteiger partial charge is 0.329 e. The summed E-state index contributed by atoms with van der Waals surface area (Å²) in [6.07, 6.45) is 2.81. The van der Waals surface area contributed by atoms with Crippen molar-refractivity contribution in [2.75, 3.05) is 0 Å². The molecule has 0 radical (unpaired) electrons. The van der Waals surface area contributed by atoms with Gasteiger partial charge in [0.15, 0.2) is 0 Å². The zero-order valence-corrected chi connectivity index (χ0v) is 13.0. The Balaban J connectivity index is 2.54. The minimum absolute atomic E-state index is 0.0994. The van der Waals surface area contributed by atoms with Crippen molar-refractivity contribution in [3.05, 3.63) is 55.8 Å². The average molecular weight is 307 g/mol. The molecule has 0 aliphatic carbocycles. The number of aromatic nitrogens is 2. The Kier molecular flexibility index (Phi) is 5.02. The summed E-state index contributed by atoms with van der Waals surface area (Å²) in [7, 11) is 0. The third-order valence-corrected chi connectivity index (χ3v) is 3.72. The molecule has 0 amide bonds. The van der Waals surface area contributed by atoms with Gasteiger partial charge >= 0.3 is 5.69 Å². The molecule has 0 fully saturated rings. The lowest BCUT2D eigenvalue weighted by Crippen LogP contribution is -2.36. The van der Waals surface area contributed by atoms with E-state index in [9.17, 15) is 9.59 Å². The smallest absolute Gasteiger partial charge is 0.297 e. The highest BCUT2D eigenvalue weighted by atomic mass is 35.5. The van der Waals surface area contributed by atoms with Crippen molar-refractivity contribution in [3.8, 4) is 11.1 Å². The van der Waals surface area contributed by atoms with Crippen LogP contribution in [-0.2, 0) is 6.54 Å². The Morgan fingerprint density at radius 3 is 2.67 bits per heavy atom. The van der Waals surface area contributed by atoms with Gasteiger partial charge in [-0.05, 0) is 18.9 Å². The first-order valence-corrected chi connectivity index (χ1v) is 7.52. The van der Waals surface area contributed by atoms with Crippen LogP contribution in [0, 0.1) is 6.92 Å². The van der Waals surface area contributed by atoms with Crippen molar-refractivity contribution in [3.63, 3.8) is 0 Å². The topological polar surface area (TPSA) is 54.9 Å². The predicted molar refractivity (Wildman–Crippen MR) is 86.0 cm³/mol. The maximum atomic E-state index is 12.6. The molecule has 0 unspecified atom stereocenters. The van der Waals surface area contributed by atoms with Crippen LogP contribution in [0.3, 0.4) is 0 Å². The molecule has 4 nitrogen and oxygen atoms in total. The molecule has 0 saturated carbocycles. The molecule has 1 heterocycles. The van der Waals surface area contributed by atoms with E-state index >= 15 is 0 Å². The highest BCUT2D eigenvalue weighted by Crippen LogP contribution is 2.22. The van der Waals surface area contributed by atoms with Gasteiger partial charge in [-0.15, -0.1) is 0 Å². The molecule has 0 aliphatic heterocycles. The summed E-state index contributed by atoms with van der Waals surface area (Å²) in [6, 6.07) is 7.53. The highest BCUT2D eigenvalue weighted by Gasteiger charge is 2.14. The third kappa shape index (κ3) is 3.45. The molecule has 5 heteroatoms. The minimum Gasteiger partial charge on any atom is -0.297 e. The molecule has 0 saturated heterocycles. The summed E-state index contributed by atoms with van der Waals surface area (Å²) in [5.74, 6) is 0. The van der Waals surface area contributed by atoms with Gasteiger partial charge in [0.25, 0.3) is 5.56 Å². The molecule has 1 aromatic carbocycles. The lowest BCUT2D eigenvalue weighted by atomic mass is 10.1. The van der Waals surface area contributed by atoms with Gasteiger partial charge in [0.1, 0.15) is 5.15 Å². The molecule has 0 spiro atoms. The number of aryl methyl sites for hydroxylation is 1. The van der Waals surface area contributed by atoms with Crippen LogP contribution in [0.15, 0.2) is 33.9 Å². The van der Waals surface area contributed by atoms with Crippen molar-refractivity contribution in [1.29, 1.82) is 0 Å². The van der Waals surface area contributed by atoms with E-state index in [1.165, 1.54) is 4.57 Å². The van der Waals surface area contributed by atoms with Crippen LogP contribution in [-0.4, -0.2) is 9.55 Å². The maximum Gasteiger partial charge on any atom is 0.329 e. The average Bonchev–Trinajstić information content (AvgIpc) is 2.42. The summed E-state index contributed by atoms with van der Waals surface area (Å²) in [6.45, 7) is 4.44. The number of halogens is 1. The molecule has 2 aromatic rings. The van der Waals surface area contributed by atoms with Crippen molar-refractivity contribution < 1.29 is 0 Å². The molecular formula is C16H19ClN2O2. The number of aromatic amines is 1. The van der Waals surface area contributed by atoms with Crippen molar-refractivity contribution in [2.24, 2.45) is 0 Å². The molecule has 2 rings (SSSR count). The fourth-order valence-corrected chi connectivity index (χ4v) is 2.59. The van der Waals surface area contributed by atoms with Crippen LogP contribution in [0.1, 0.15) is 31.7 Å². The summed E-state index contributed by atoms with van der Waals surface area (Å²) in [5.41, 5.74) is 1.34. The number of hydrogen-bond acceptors (Lipinski definition) is 2. The first-order chi connectivity index (χ1) is 10.0. The molecule has 0 aliphatic rings. The van der Waals surface area contributed by atoms with Gasteiger partial charge in [-0.2, -0.15) is 0 Å². The molecule has 0 atom stereocenters. The monoisotopic (exact) mass is 306 g/mol. The van der Waals surface area contributed by atoms with E-state index < -0.39 is 5.69 Å². The van der Waals surface area contributed by atoms with E-state index in [1.54, 1.807) is 0 Å². The van der Waals surface area contributed by atoms with Crippen molar-refractivity contribution in [1.82, 2.24) is 9.55 Å². The summed E-state index contributed by atoms with van der Waals surface area (Å²) in [5, 5.41) is 0.0994. The van der Waals surface area contributed by atoms with E-state index in [-0.39, 0.29) is 10.7 Å². The van der Waals surface area contributed by atoms with Crippen LogP contribution in [0.5, 0.6) is 0 Å². The van der Waals surface area contributed by atoms with Crippen LogP contribution in [0.25, 0.3) is 11.1 Å². The van der Waals surface area contributed by atoms with Gasteiger partial charge in [0.05, 0.1) is 5.56 Å². The van der Waals surface area contributed by atoms with Gasteiger partial charge in [-0.1, -0.05) is 61.2 Å². The number of unbranched alkanes of at least 4 members (excludes halogenated alkanes) is 2. The van der Waals surface area contributed by atoms with Crippen LogP contribution >= 0.6 is 11.6 Å². The van der Waals surface area contributed by atoms with Gasteiger partial charge < -0.3 is 0 Å². The van der Waals surface area contributed by atoms with E-state index in [4.69, 9.17) is 11.6 Å². The summed E-state index contributed by atoms with van der Waals surface area (Å²) >= 11 is 6.09. The Morgan fingerprint density at radius 2 is 2.00 bits per heavy atom. The number of nitrogens with zero attached hydrogens (tertiary/aromatic N) is 1. The highest BCUT2D eigenvalue weighted by molar-refractivity contribution is 6.32. The third-order valence-electron chi connectivity index (χ3n) is 3.43. The number of rotatable bonds is 5. The number of benzene rings is 1. The number of nitrogens with one attached hydrogen (secondary N) is 1. The standard InChI is InChI=1S/C16H19ClN2O2/c1-3-4-5-9-19-15(20)13(14(17)18-16(19)21)12-8-6-7-11(2)10-12/h6-8,10H,3-5,9H2,1-2H3,(H,18,21). The van der Waals surface area contributed by atoms with Crippen LogP contribution in [0.2, 0.25) is 5.15 Å². The second-order valence-electron chi connectivity index (χ2n) is 5.15. The van der Waals surface area contributed by atoms with Crippen LogP contribution in [0.4, 0.5) is 0 Å². The van der Waals surface area contributed by atoms with E-state index in [0.717, 1.165) is 30.4 Å². The zero-order chi connectivity index (χ0) is 15.4. The quantitative estimate of drug-likeness (QED) is 0.680. The second kappa shape index (κ2) is 6.76. The lowest BCUT2D eigenvalue weighted by Gasteiger charge is -2.09.